The van der Waals surface area contributed by atoms with Gasteiger partial charge in [0.05, 0.1) is 10.6 Å². The Morgan fingerprint density at radius 1 is 1.50 bits per heavy atom. The standard InChI is InChI=1S/C15H21N3O2S2/c1-14(2,3)10-8-21-13(16-10)17-12(20)9-7-22-15(4)6-5-11(19)18(9)15/h8-9H,5-7H2,1-4H3,(H,16,17,20)/t9-,15-/m0/s1. The highest BCUT2D eigenvalue weighted by atomic mass is 32.2. The van der Waals surface area contributed by atoms with E-state index in [-0.39, 0.29) is 28.1 Å². The summed E-state index contributed by atoms with van der Waals surface area (Å²) >= 11 is 3.14. The third-order valence-electron chi connectivity index (χ3n) is 4.25. The fourth-order valence-electron chi connectivity index (χ4n) is 2.88. The van der Waals surface area contributed by atoms with Gasteiger partial charge in [0, 0.05) is 23.0 Å². The predicted octanol–water partition coefficient (Wildman–Crippen LogP) is 2.83. The minimum absolute atomic E-state index is 0.0355. The normalized spacial score (nSPS) is 28.1. The Labute approximate surface area is 138 Å². The Balaban J connectivity index is 1.73. The van der Waals surface area contributed by atoms with Gasteiger partial charge in [-0.2, -0.15) is 0 Å². The van der Waals surface area contributed by atoms with Crippen LogP contribution in [0.2, 0.25) is 0 Å². The molecule has 0 saturated carbocycles. The Morgan fingerprint density at radius 2 is 2.23 bits per heavy atom. The second kappa shape index (κ2) is 5.23. The molecule has 1 N–H and O–H groups in total. The van der Waals surface area contributed by atoms with Crippen molar-refractivity contribution in [3.05, 3.63) is 11.1 Å². The summed E-state index contributed by atoms with van der Waals surface area (Å²) in [4.78, 5) is 30.7. The lowest BCUT2D eigenvalue weighted by atomic mass is 9.93. The molecule has 1 aromatic rings. The van der Waals surface area contributed by atoms with Gasteiger partial charge in [-0.1, -0.05) is 20.8 Å². The fourth-order valence-corrected chi connectivity index (χ4v) is 5.25. The molecule has 7 heteroatoms. The summed E-state index contributed by atoms with van der Waals surface area (Å²) < 4.78 is 0. The van der Waals surface area contributed by atoms with Crippen LogP contribution in [0.15, 0.2) is 5.38 Å². The lowest BCUT2D eigenvalue weighted by molar-refractivity contribution is -0.135. The summed E-state index contributed by atoms with van der Waals surface area (Å²) in [5, 5.41) is 5.48. The number of rotatable bonds is 2. The minimum atomic E-state index is -0.382. The van der Waals surface area contributed by atoms with Gasteiger partial charge in [-0.15, -0.1) is 23.1 Å². The van der Waals surface area contributed by atoms with Crippen LogP contribution in [-0.4, -0.2) is 38.4 Å². The van der Waals surface area contributed by atoms with Crippen LogP contribution in [0.1, 0.15) is 46.2 Å². The van der Waals surface area contributed by atoms with Crippen LogP contribution in [0, 0.1) is 0 Å². The van der Waals surface area contributed by atoms with Crippen molar-refractivity contribution < 1.29 is 9.59 Å². The SMILES string of the molecule is CC(C)(C)c1csc(NC(=O)[C@@H]2CS[C@@]3(C)CCC(=O)N23)n1. The van der Waals surface area contributed by atoms with Crippen LogP contribution in [0.25, 0.3) is 0 Å². The Morgan fingerprint density at radius 3 is 2.86 bits per heavy atom. The van der Waals surface area contributed by atoms with E-state index in [9.17, 15) is 9.59 Å². The number of nitrogens with one attached hydrogen (secondary N) is 1. The molecule has 2 amide bonds. The first-order valence-corrected chi connectivity index (χ1v) is 9.30. The number of thiazole rings is 1. The van der Waals surface area contributed by atoms with Crippen molar-refractivity contribution in [2.45, 2.75) is 56.9 Å². The third-order valence-corrected chi connectivity index (χ3v) is 6.51. The molecule has 22 heavy (non-hydrogen) atoms. The number of hydrogen-bond donors (Lipinski definition) is 1. The highest BCUT2D eigenvalue weighted by Gasteiger charge is 2.52. The smallest absolute Gasteiger partial charge is 0.249 e. The number of hydrogen-bond acceptors (Lipinski definition) is 5. The molecule has 3 rings (SSSR count). The van der Waals surface area contributed by atoms with E-state index in [1.54, 1.807) is 16.7 Å². The first kappa shape index (κ1) is 15.8. The summed E-state index contributed by atoms with van der Waals surface area (Å²) in [5.74, 6) is 0.620. The summed E-state index contributed by atoms with van der Waals surface area (Å²) in [6.07, 6.45) is 1.37. The zero-order valence-electron chi connectivity index (χ0n) is 13.3. The summed E-state index contributed by atoms with van der Waals surface area (Å²) in [6, 6.07) is -0.382. The van der Waals surface area contributed by atoms with Crippen LogP contribution >= 0.6 is 23.1 Å². The first-order chi connectivity index (χ1) is 10.2. The van der Waals surface area contributed by atoms with Crippen molar-refractivity contribution in [1.82, 2.24) is 9.88 Å². The van der Waals surface area contributed by atoms with Crippen LogP contribution in [0.5, 0.6) is 0 Å². The fraction of sp³-hybridized carbons (Fsp3) is 0.667. The van der Waals surface area contributed by atoms with Gasteiger partial charge in [-0.3, -0.25) is 9.59 Å². The van der Waals surface area contributed by atoms with Crippen LogP contribution in [0.4, 0.5) is 5.13 Å². The largest absolute Gasteiger partial charge is 0.315 e. The van der Waals surface area contributed by atoms with E-state index >= 15 is 0 Å². The summed E-state index contributed by atoms with van der Waals surface area (Å²) in [6.45, 7) is 8.33. The molecule has 120 valence electrons. The van der Waals surface area contributed by atoms with Gasteiger partial charge in [-0.25, -0.2) is 4.98 Å². The van der Waals surface area contributed by atoms with Crippen LogP contribution in [0.3, 0.4) is 0 Å². The number of amides is 2. The van der Waals surface area contributed by atoms with E-state index in [1.807, 2.05) is 5.38 Å². The maximum Gasteiger partial charge on any atom is 0.249 e. The first-order valence-electron chi connectivity index (χ1n) is 7.44. The molecule has 3 heterocycles. The third kappa shape index (κ3) is 2.65. The van der Waals surface area contributed by atoms with Gasteiger partial charge >= 0.3 is 0 Å². The van der Waals surface area contributed by atoms with Gasteiger partial charge in [0.2, 0.25) is 11.8 Å². The van der Waals surface area contributed by atoms with Crippen molar-refractivity contribution in [3.63, 3.8) is 0 Å². The average molecular weight is 339 g/mol. The van der Waals surface area contributed by atoms with Crippen LogP contribution < -0.4 is 5.32 Å². The maximum atomic E-state index is 12.6. The van der Waals surface area contributed by atoms with E-state index in [4.69, 9.17) is 0 Å². The molecule has 1 aromatic heterocycles. The molecule has 0 spiro atoms. The predicted molar refractivity (Wildman–Crippen MR) is 90.2 cm³/mol. The number of thioether (sulfide) groups is 1. The molecule has 2 aliphatic heterocycles. The van der Waals surface area contributed by atoms with Crippen molar-refractivity contribution >= 4 is 40.0 Å². The van der Waals surface area contributed by atoms with Gasteiger partial charge < -0.3 is 10.2 Å². The monoisotopic (exact) mass is 339 g/mol. The van der Waals surface area contributed by atoms with E-state index in [0.717, 1.165) is 12.1 Å². The lowest BCUT2D eigenvalue weighted by Crippen LogP contribution is -2.48. The zero-order chi connectivity index (χ0) is 16.1. The number of carbonyl (C=O) groups excluding carboxylic acids is 2. The highest BCUT2D eigenvalue weighted by molar-refractivity contribution is 8.01. The number of aromatic nitrogens is 1. The van der Waals surface area contributed by atoms with E-state index in [2.05, 4.69) is 38.0 Å². The second-order valence-electron chi connectivity index (χ2n) is 7.04. The van der Waals surface area contributed by atoms with Crippen molar-refractivity contribution in [1.29, 1.82) is 0 Å². The Bertz CT molecular complexity index is 623. The van der Waals surface area contributed by atoms with E-state index in [1.165, 1.54) is 11.3 Å². The molecule has 2 fully saturated rings. The average Bonchev–Trinajstić information content (AvgIpc) is 3.06. The number of carbonyl (C=O) groups is 2. The molecule has 2 aliphatic rings. The quantitative estimate of drug-likeness (QED) is 0.900. The molecule has 0 unspecified atom stereocenters. The Hall–Kier alpha value is -1.08. The number of anilines is 1. The van der Waals surface area contributed by atoms with Crippen LogP contribution in [-0.2, 0) is 15.0 Å². The van der Waals surface area contributed by atoms with Gasteiger partial charge in [0.15, 0.2) is 5.13 Å². The van der Waals surface area contributed by atoms with Gasteiger partial charge in [-0.05, 0) is 13.3 Å². The number of nitrogens with zero attached hydrogens (tertiary/aromatic N) is 2. The molecule has 0 radical (unpaired) electrons. The summed E-state index contributed by atoms with van der Waals surface area (Å²) in [7, 11) is 0. The molecule has 2 saturated heterocycles. The number of fused-ring (bicyclic) bond motifs is 1. The molecule has 0 aliphatic carbocycles. The molecular weight excluding hydrogens is 318 g/mol. The lowest BCUT2D eigenvalue weighted by Gasteiger charge is -2.29. The van der Waals surface area contributed by atoms with Gasteiger partial charge in [0.25, 0.3) is 0 Å². The summed E-state index contributed by atoms with van der Waals surface area (Å²) in [5.41, 5.74) is 0.933. The molecule has 5 nitrogen and oxygen atoms in total. The minimum Gasteiger partial charge on any atom is -0.315 e. The molecular formula is C15H21N3O2S2. The highest BCUT2D eigenvalue weighted by Crippen LogP contribution is 2.47. The van der Waals surface area contributed by atoms with Crippen molar-refractivity contribution in [2.24, 2.45) is 0 Å². The van der Waals surface area contributed by atoms with Crippen molar-refractivity contribution in [3.8, 4) is 0 Å². The molecule has 2 atom stereocenters. The van der Waals surface area contributed by atoms with Gasteiger partial charge in [0.1, 0.15) is 6.04 Å². The Kier molecular flexibility index (Phi) is 3.76. The topological polar surface area (TPSA) is 62.3 Å². The zero-order valence-corrected chi connectivity index (χ0v) is 14.9. The van der Waals surface area contributed by atoms with Crippen molar-refractivity contribution in [2.75, 3.05) is 11.1 Å². The van der Waals surface area contributed by atoms with E-state index < -0.39 is 0 Å². The molecule has 0 bridgehead atoms. The molecule has 0 aromatic carbocycles. The second-order valence-corrected chi connectivity index (χ2v) is 9.40. The van der Waals surface area contributed by atoms with E-state index in [0.29, 0.717) is 17.3 Å². The maximum absolute atomic E-state index is 12.6.